The number of hydrogen-bond acceptors (Lipinski definition) is 4. The van der Waals surface area contributed by atoms with Crippen molar-refractivity contribution in [3.63, 3.8) is 0 Å². The van der Waals surface area contributed by atoms with Crippen LogP contribution in [0.4, 0.5) is 11.5 Å². The van der Waals surface area contributed by atoms with Gasteiger partial charge in [0.15, 0.2) is 11.5 Å². The first kappa shape index (κ1) is 18.0. The van der Waals surface area contributed by atoms with E-state index in [-0.39, 0.29) is 5.91 Å². The van der Waals surface area contributed by atoms with Gasteiger partial charge in [-0.25, -0.2) is 9.97 Å². The molecule has 7 heteroatoms. The maximum absolute atomic E-state index is 11.9. The van der Waals surface area contributed by atoms with Gasteiger partial charge in [-0.3, -0.25) is 9.20 Å². The lowest BCUT2D eigenvalue weighted by molar-refractivity contribution is 0.0962. The average molecular weight is 392 g/mol. The van der Waals surface area contributed by atoms with Gasteiger partial charge < -0.3 is 10.6 Å². The number of fused-ring (bicyclic) bond motifs is 1. The van der Waals surface area contributed by atoms with Crippen LogP contribution in [0.5, 0.6) is 0 Å². The zero-order valence-electron chi connectivity index (χ0n) is 15.4. The van der Waals surface area contributed by atoms with Crippen molar-refractivity contribution in [2.24, 2.45) is 0 Å². The number of carbonyl (C=O) groups is 1. The molecule has 0 radical (unpaired) electrons. The molecule has 0 aliphatic rings. The summed E-state index contributed by atoms with van der Waals surface area (Å²) in [6.07, 6.45) is 5.41. The van der Waals surface area contributed by atoms with E-state index >= 15 is 0 Å². The first-order valence-electron chi connectivity index (χ1n) is 8.74. The second kappa shape index (κ2) is 7.32. The average Bonchev–Trinajstić information content (AvgIpc) is 3.13. The van der Waals surface area contributed by atoms with Crippen molar-refractivity contribution in [2.75, 3.05) is 12.4 Å². The number of hydrogen-bond donors (Lipinski definition) is 2. The second-order valence-corrected chi connectivity index (χ2v) is 6.79. The molecule has 0 bridgehead atoms. The van der Waals surface area contributed by atoms with Gasteiger partial charge in [-0.15, -0.1) is 0 Å². The highest BCUT2D eigenvalue weighted by molar-refractivity contribution is 6.30. The number of benzene rings is 2. The highest BCUT2D eigenvalue weighted by Gasteiger charge is 2.12. The van der Waals surface area contributed by atoms with E-state index in [1.807, 2.05) is 60.1 Å². The minimum absolute atomic E-state index is 0.106. The van der Waals surface area contributed by atoms with Crippen molar-refractivity contribution in [1.82, 2.24) is 19.7 Å². The SMILES string of the molecule is CNC(=O)c1ccc(Nc2nccn3c(-c4ccc(Cl)cc4)cnc23)cc1C. The zero-order chi connectivity index (χ0) is 19.7. The van der Waals surface area contributed by atoms with Crippen LogP contribution >= 0.6 is 11.6 Å². The number of imidazole rings is 1. The minimum atomic E-state index is -0.106. The van der Waals surface area contributed by atoms with E-state index in [1.54, 1.807) is 19.3 Å². The van der Waals surface area contributed by atoms with Crippen LogP contribution in [-0.2, 0) is 0 Å². The summed E-state index contributed by atoms with van der Waals surface area (Å²) in [7, 11) is 1.62. The van der Waals surface area contributed by atoms with E-state index < -0.39 is 0 Å². The molecule has 2 aromatic heterocycles. The van der Waals surface area contributed by atoms with Gasteiger partial charge in [0.05, 0.1) is 11.9 Å². The summed E-state index contributed by atoms with van der Waals surface area (Å²) in [6.45, 7) is 1.90. The summed E-state index contributed by atoms with van der Waals surface area (Å²) < 4.78 is 1.98. The van der Waals surface area contributed by atoms with Crippen LogP contribution in [0.15, 0.2) is 61.1 Å². The quantitative estimate of drug-likeness (QED) is 0.538. The molecular formula is C21H18ClN5O. The minimum Gasteiger partial charge on any atom is -0.355 e. The van der Waals surface area contributed by atoms with Crippen LogP contribution in [0, 0.1) is 6.92 Å². The fraction of sp³-hybridized carbons (Fsp3) is 0.0952. The molecule has 6 nitrogen and oxygen atoms in total. The molecule has 0 unspecified atom stereocenters. The van der Waals surface area contributed by atoms with Crippen molar-refractivity contribution >= 4 is 34.7 Å². The number of anilines is 2. The number of halogens is 1. The molecule has 4 aromatic rings. The maximum Gasteiger partial charge on any atom is 0.251 e. The second-order valence-electron chi connectivity index (χ2n) is 6.35. The van der Waals surface area contributed by atoms with E-state index in [2.05, 4.69) is 20.6 Å². The third-order valence-corrected chi connectivity index (χ3v) is 4.78. The van der Waals surface area contributed by atoms with Crippen LogP contribution in [-0.4, -0.2) is 27.3 Å². The summed E-state index contributed by atoms with van der Waals surface area (Å²) in [5.74, 6) is 0.528. The molecule has 1 amide bonds. The highest BCUT2D eigenvalue weighted by Crippen LogP contribution is 2.26. The van der Waals surface area contributed by atoms with E-state index in [1.165, 1.54) is 0 Å². The summed E-state index contributed by atoms with van der Waals surface area (Å²) in [5.41, 5.74) is 5.02. The third-order valence-electron chi connectivity index (χ3n) is 4.53. The van der Waals surface area contributed by atoms with Gasteiger partial charge in [-0.05, 0) is 42.8 Å². The van der Waals surface area contributed by atoms with Crippen LogP contribution in [0.1, 0.15) is 15.9 Å². The Bertz CT molecular complexity index is 1170. The predicted octanol–water partition coefficient (Wildman–Crippen LogP) is 4.46. The lowest BCUT2D eigenvalue weighted by atomic mass is 10.1. The summed E-state index contributed by atoms with van der Waals surface area (Å²) in [5, 5.41) is 6.63. The molecule has 2 heterocycles. The van der Waals surface area contributed by atoms with Gasteiger partial charge >= 0.3 is 0 Å². The molecule has 0 atom stereocenters. The van der Waals surface area contributed by atoms with Crippen molar-refractivity contribution in [2.45, 2.75) is 6.92 Å². The topological polar surface area (TPSA) is 71.3 Å². The maximum atomic E-state index is 11.9. The van der Waals surface area contributed by atoms with Gasteiger partial charge in [0.1, 0.15) is 0 Å². The Hall–Kier alpha value is -3.38. The number of aromatic nitrogens is 3. The van der Waals surface area contributed by atoms with Gasteiger partial charge in [-0.1, -0.05) is 23.7 Å². The first-order chi connectivity index (χ1) is 13.6. The number of aryl methyl sites for hydroxylation is 1. The Kier molecular flexibility index (Phi) is 4.71. The third kappa shape index (κ3) is 3.30. The van der Waals surface area contributed by atoms with Crippen molar-refractivity contribution in [3.05, 3.63) is 77.2 Å². The first-order valence-corrected chi connectivity index (χ1v) is 9.12. The van der Waals surface area contributed by atoms with E-state index in [0.29, 0.717) is 22.1 Å². The molecule has 0 aliphatic carbocycles. The van der Waals surface area contributed by atoms with E-state index in [9.17, 15) is 4.79 Å². The molecule has 0 saturated heterocycles. The smallest absolute Gasteiger partial charge is 0.251 e. The van der Waals surface area contributed by atoms with Gasteiger partial charge in [0.2, 0.25) is 0 Å². The molecule has 0 aliphatic heterocycles. The van der Waals surface area contributed by atoms with E-state index in [0.717, 1.165) is 22.5 Å². The molecular weight excluding hydrogens is 374 g/mol. The Morgan fingerprint density at radius 3 is 2.61 bits per heavy atom. The molecule has 2 N–H and O–H groups in total. The Balaban J connectivity index is 1.70. The van der Waals surface area contributed by atoms with Gasteiger partial charge in [-0.2, -0.15) is 0 Å². The van der Waals surface area contributed by atoms with Crippen LogP contribution < -0.4 is 10.6 Å². The number of carbonyl (C=O) groups excluding carboxylic acids is 1. The summed E-state index contributed by atoms with van der Waals surface area (Å²) in [4.78, 5) is 20.8. The fourth-order valence-corrected chi connectivity index (χ4v) is 3.24. The lowest BCUT2D eigenvalue weighted by Gasteiger charge is -2.10. The molecule has 2 aromatic carbocycles. The largest absolute Gasteiger partial charge is 0.355 e. The normalized spacial score (nSPS) is 10.8. The summed E-state index contributed by atoms with van der Waals surface area (Å²) >= 11 is 5.99. The molecule has 4 rings (SSSR count). The monoisotopic (exact) mass is 391 g/mol. The van der Waals surface area contributed by atoms with Gasteiger partial charge in [0.25, 0.3) is 5.91 Å². The predicted molar refractivity (Wildman–Crippen MR) is 111 cm³/mol. The van der Waals surface area contributed by atoms with Crippen LogP contribution in [0.3, 0.4) is 0 Å². The Labute approximate surface area is 167 Å². The number of amides is 1. The molecule has 0 saturated carbocycles. The van der Waals surface area contributed by atoms with Crippen molar-refractivity contribution in [1.29, 1.82) is 0 Å². The number of rotatable bonds is 4. The van der Waals surface area contributed by atoms with Crippen molar-refractivity contribution < 1.29 is 4.79 Å². The Morgan fingerprint density at radius 2 is 1.89 bits per heavy atom. The molecule has 0 spiro atoms. The van der Waals surface area contributed by atoms with Crippen LogP contribution in [0.25, 0.3) is 16.9 Å². The number of nitrogens with one attached hydrogen (secondary N) is 2. The van der Waals surface area contributed by atoms with Gasteiger partial charge in [0, 0.05) is 41.3 Å². The molecule has 140 valence electrons. The molecule has 0 fully saturated rings. The highest BCUT2D eigenvalue weighted by atomic mass is 35.5. The standard InChI is InChI=1S/C21H18ClN5O/c1-13-11-16(7-8-17(13)21(28)23-2)26-19-20-25-12-18(27(20)10-9-24-19)14-3-5-15(22)6-4-14/h3-12H,1-2H3,(H,23,28)(H,24,26). The fourth-order valence-electron chi connectivity index (χ4n) is 3.11. The zero-order valence-corrected chi connectivity index (χ0v) is 16.2. The number of nitrogens with zero attached hydrogens (tertiary/aromatic N) is 3. The molecule has 28 heavy (non-hydrogen) atoms. The lowest BCUT2D eigenvalue weighted by Crippen LogP contribution is -2.18. The summed E-state index contributed by atoms with van der Waals surface area (Å²) in [6, 6.07) is 13.2. The van der Waals surface area contributed by atoms with Crippen molar-refractivity contribution in [3.8, 4) is 11.3 Å². The van der Waals surface area contributed by atoms with E-state index in [4.69, 9.17) is 11.6 Å². The Morgan fingerprint density at radius 1 is 1.11 bits per heavy atom. The van der Waals surface area contributed by atoms with Crippen LogP contribution in [0.2, 0.25) is 5.02 Å².